The molecule has 104 valence electrons. The van der Waals surface area contributed by atoms with E-state index in [1.165, 1.54) is 31.6 Å². The first-order valence-electron chi connectivity index (χ1n) is 5.79. The number of rotatable bonds is 3. The number of carbonyl (C=O) groups excluding carboxylic acids is 2. The van der Waals surface area contributed by atoms with Crippen LogP contribution in [0.3, 0.4) is 0 Å². The first kappa shape index (κ1) is 14.2. The fourth-order valence-corrected chi connectivity index (χ4v) is 2.46. The molecule has 0 amide bonds. The van der Waals surface area contributed by atoms with Crippen molar-refractivity contribution < 1.29 is 19.1 Å². The van der Waals surface area contributed by atoms with Gasteiger partial charge in [-0.2, -0.15) is 0 Å². The molecular weight excluding hydrogens is 278 g/mol. The highest BCUT2D eigenvalue weighted by molar-refractivity contribution is 7.14. The van der Waals surface area contributed by atoms with E-state index in [2.05, 4.69) is 4.98 Å². The average Bonchev–Trinajstić information content (AvgIpc) is 2.91. The van der Waals surface area contributed by atoms with E-state index in [4.69, 9.17) is 9.47 Å². The van der Waals surface area contributed by atoms with Crippen molar-refractivity contribution in [1.29, 1.82) is 0 Å². The smallest absolute Gasteiger partial charge is 0.337 e. The Balaban J connectivity index is 2.56. The molecule has 5 nitrogen and oxygen atoms in total. The summed E-state index contributed by atoms with van der Waals surface area (Å²) in [6.45, 7) is 1.94. The first-order valence-corrected chi connectivity index (χ1v) is 6.61. The minimum atomic E-state index is -0.509. The van der Waals surface area contributed by atoms with E-state index in [0.717, 1.165) is 9.88 Å². The molecule has 2 rings (SSSR count). The van der Waals surface area contributed by atoms with Crippen LogP contribution in [0.5, 0.6) is 0 Å². The summed E-state index contributed by atoms with van der Waals surface area (Å²) in [5, 5.41) is 0.735. The number of aromatic nitrogens is 1. The first-order chi connectivity index (χ1) is 9.55. The van der Waals surface area contributed by atoms with Crippen LogP contribution in [-0.2, 0) is 9.47 Å². The van der Waals surface area contributed by atoms with Gasteiger partial charge in [0.15, 0.2) is 0 Å². The second-order valence-corrected chi connectivity index (χ2v) is 5.29. The highest BCUT2D eigenvalue weighted by Crippen LogP contribution is 2.27. The maximum Gasteiger partial charge on any atom is 0.337 e. The van der Waals surface area contributed by atoms with Crippen LogP contribution in [0.1, 0.15) is 25.6 Å². The van der Waals surface area contributed by atoms with E-state index >= 15 is 0 Å². The predicted octanol–water partition coefficient (Wildman–Crippen LogP) is 2.69. The lowest BCUT2D eigenvalue weighted by Gasteiger charge is -2.06. The summed E-state index contributed by atoms with van der Waals surface area (Å²) in [5.41, 5.74) is 1.27. The van der Waals surface area contributed by atoms with E-state index in [1.807, 2.05) is 6.92 Å². The van der Waals surface area contributed by atoms with E-state index in [-0.39, 0.29) is 0 Å². The van der Waals surface area contributed by atoms with Crippen molar-refractivity contribution >= 4 is 23.3 Å². The molecule has 20 heavy (non-hydrogen) atoms. The molecule has 1 aromatic heterocycles. The number of aryl methyl sites for hydroxylation is 1. The zero-order valence-electron chi connectivity index (χ0n) is 11.3. The normalized spacial score (nSPS) is 10.2. The van der Waals surface area contributed by atoms with E-state index in [1.54, 1.807) is 18.3 Å². The lowest BCUT2D eigenvalue weighted by atomic mass is 10.1. The van der Waals surface area contributed by atoms with Crippen molar-refractivity contribution in [2.24, 2.45) is 0 Å². The monoisotopic (exact) mass is 291 g/mol. The lowest BCUT2D eigenvalue weighted by molar-refractivity contribution is 0.0599. The highest BCUT2D eigenvalue weighted by atomic mass is 32.1. The minimum Gasteiger partial charge on any atom is -0.465 e. The van der Waals surface area contributed by atoms with Crippen molar-refractivity contribution in [3.63, 3.8) is 0 Å². The van der Waals surface area contributed by atoms with Crippen LogP contribution in [0, 0.1) is 6.92 Å². The van der Waals surface area contributed by atoms with Crippen LogP contribution in [0.4, 0.5) is 0 Å². The number of benzene rings is 1. The van der Waals surface area contributed by atoms with Crippen LogP contribution in [0.25, 0.3) is 10.6 Å². The number of thiazole rings is 1. The van der Waals surface area contributed by atoms with Gasteiger partial charge in [-0.3, -0.25) is 0 Å². The van der Waals surface area contributed by atoms with Gasteiger partial charge in [-0.15, -0.1) is 11.3 Å². The van der Waals surface area contributed by atoms with Gasteiger partial charge < -0.3 is 9.47 Å². The predicted molar refractivity (Wildman–Crippen MR) is 75.0 cm³/mol. The summed E-state index contributed by atoms with van der Waals surface area (Å²) in [7, 11) is 2.58. The summed E-state index contributed by atoms with van der Waals surface area (Å²) in [6, 6.07) is 4.74. The summed E-state index contributed by atoms with van der Waals surface area (Å²) in [5.74, 6) is -1.02. The molecule has 0 saturated carbocycles. The van der Waals surface area contributed by atoms with E-state index in [9.17, 15) is 9.59 Å². The number of nitrogens with zero attached hydrogens (tertiary/aromatic N) is 1. The highest BCUT2D eigenvalue weighted by Gasteiger charge is 2.15. The molecule has 0 aliphatic carbocycles. The van der Waals surface area contributed by atoms with Crippen molar-refractivity contribution in [3.05, 3.63) is 40.4 Å². The third kappa shape index (κ3) is 2.85. The largest absolute Gasteiger partial charge is 0.465 e. The molecule has 0 saturated heterocycles. The van der Waals surface area contributed by atoms with Crippen LogP contribution < -0.4 is 0 Å². The fourth-order valence-electron chi connectivity index (χ4n) is 1.71. The van der Waals surface area contributed by atoms with Crippen LogP contribution in [0.15, 0.2) is 24.4 Å². The summed E-state index contributed by atoms with van der Waals surface area (Å²) in [6.07, 6.45) is 1.74. The van der Waals surface area contributed by atoms with Crippen LogP contribution in [0.2, 0.25) is 0 Å². The number of hydrogen-bond acceptors (Lipinski definition) is 6. The molecule has 0 aliphatic heterocycles. The van der Waals surface area contributed by atoms with Gasteiger partial charge in [-0.05, 0) is 25.1 Å². The molecule has 0 radical (unpaired) electrons. The number of hydrogen-bond donors (Lipinski definition) is 0. The summed E-state index contributed by atoms with van der Waals surface area (Å²) in [4.78, 5) is 28.6. The third-order valence-electron chi connectivity index (χ3n) is 2.64. The Morgan fingerprint density at radius 1 is 1.05 bits per heavy atom. The van der Waals surface area contributed by atoms with Crippen molar-refractivity contribution in [3.8, 4) is 10.6 Å². The zero-order valence-corrected chi connectivity index (χ0v) is 12.1. The molecule has 6 heteroatoms. The van der Waals surface area contributed by atoms with Crippen molar-refractivity contribution in [2.75, 3.05) is 14.2 Å². The Hall–Kier alpha value is -2.21. The maximum absolute atomic E-state index is 11.7. The van der Waals surface area contributed by atoms with Gasteiger partial charge >= 0.3 is 11.9 Å². The Bertz CT molecular complexity index is 629. The van der Waals surface area contributed by atoms with Gasteiger partial charge in [0.05, 0.1) is 25.3 Å². The Morgan fingerprint density at radius 3 is 2.00 bits per heavy atom. The van der Waals surface area contributed by atoms with Crippen molar-refractivity contribution in [2.45, 2.75) is 6.92 Å². The van der Waals surface area contributed by atoms with Crippen LogP contribution in [-0.4, -0.2) is 31.1 Å². The van der Waals surface area contributed by atoms with Gasteiger partial charge in [0.1, 0.15) is 5.01 Å². The Labute approximate surface area is 120 Å². The molecule has 1 aromatic carbocycles. The Morgan fingerprint density at radius 2 is 1.60 bits per heavy atom. The summed E-state index contributed by atoms with van der Waals surface area (Å²) < 4.78 is 9.39. The van der Waals surface area contributed by atoms with Gasteiger partial charge in [0.25, 0.3) is 0 Å². The number of esters is 2. The van der Waals surface area contributed by atoms with Gasteiger partial charge in [0.2, 0.25) is 0 Å². The molecule has 2 aromatic rings. The van der Waals surface area contributed by atoms with Gasteiger partial charge in [0, 0.05) is 16.6 Å². The maximum atomic E-state index is 11.7. The molecule has 0 aliphatic rings. The zero-order chi connectivity index (χ0) is 14.7. The molecule has 0 bridgehead atoms. The molecule has 0 fully saturated rings. The number of ether oxygens (including phenoxy) is 2. The van der Waals surface area contributed by atoms with Crippen molar-refractivity contribution in [1.82, 2.24) is 4.98 Å². The molecule has 1 heterocycles. The third-order valence-corrected chi connectivity index (χ3v) is 3.61. The quantitative estimate of drug-likeness (QED) is 0.813. The fraction of sp³-hybridized carbons (Fsp3) is 0.214. The molecule has 0 spiro atoms. The topological polar surface area (TPSA) is 65.5 Å². The second-order valence-electron chi connectivity index (χ2n) is 4.06. The molecule has 0 unspecified atom stereocenters. The van der Waals surface area contributed by atoms with E-state index < -0.39 is 11.9 Å². The number of methoxy groups -OCH3 is 2. The second kappa shape index (κ2) is 5.83. The average molecular weight is 291 g/mol. The minimum absolute atomic E-state index is 0.290. The standard InChI is InChI=1S/C14H13NO4S/c1-8-7-15-12(20-8)9-4-10(13(16)18-2)6-11(5-9)14(17)19-3/h4-7H,1-3H3. The lowest BCUT2D eigenvalue weighted by Crippen LogP contribution is -2.07. The molecular formula is C14H13NO4S. The summed E-state index contributed by atoms with van der Waals surface area (Å²) >= 11 is 1.48. The SMILES string of the molecule is COC(=O)c1cc(C(=O)OC)cc(-c2ncc(C)s2)c1. The molecule has 0 N–H and O–H groups in total. The van der Waals surface area contributed by atoms with Gasteiger partial charge in [-0.25, -0.2) is 14.6 Å². The Kier molecular flexibility index (Phi) is 4.14. The number of carbonyl (C=O) groups is 2. The van der Waals surface area contributed by atoms with Crippen LogP contribution >= 0.6 is 11.3 Å². The van der Waals surface area contributed by atoms with Gasteiger partial charge in [-0.1, -0.05) is 0 Å². The van der Waals surface area contributed by atoms with E-state index in [0.29, 0.717) is 16.7 Å². The molecule has 0 atom stereocenters.